The lowest BCUT2D eigenvalue weighted by molar-refractivity contribution is -0.150. The molecule has 0 aliphatic carbocycles. The van der Waals surface area contributed by atoms with Crippen LogP contribution in [0.4, 0.5) is 11.4 Å². The minimum absolute atomic E-state index is 0.0644. The van der Waals surface area contributed by atoms with Crippen LogP contribution in [0.3, 0.4) is 0 Å². The predicted molar refractivity (Wildman–Crippen MR) is 221 cm³/mol. The maximum absolute atomic E-state index is 15.3. The van der Waals surface area contributed by atoms with E-state index in [4.69, 9.17) is 9.47 Å². The van der Waals surface area contributed by atoms with Crippen molar-refractivity contribution >= 4 is 53.3 Å². The average molecular weight is 771 g/mol. The van der Waals surface area contributed by atoms with Crippen molar-refractivity contribution in [2.45, 2.75) is 75.5 Å². The van der Waals surface area contributed by atoms with Crippen LogP contribution in [0.2, 0.25) is 18.6 Å². The van der Waals surface area contributed by atoms with Crippen LogP contribution in [0, 0.1) is 5.92 Å². The van der Waals surface area contributed by atoms with Gasteiger partial charge in [0, 0.05) is 40.8 Å². The molecule has 3 N–H and O–H groups in total. The van der Waals surface area contributed by atoms with E-state index in [1.54, 1.807) is 12.0 Å². The van der Waals surface area contributed by atoms with Gasteiger partial charge >= 0.3 is 0 Å². The first-order valence-electron chi connectivity index (χ1n) is 19.6. The number of hydrogen-bond acceptors (Lipinski definition) is 6. The van der Waals surface area contributed by atoms with Crippen molar-refractivity contribution in [2.75, 3.05) is 30.5 Å². The van der Waals surface area contributed by atoms with E-state index in [1.807, 2.05) is 96.0 Å². The van der Waals surface area contributed by atoms with Gasteiger partial charge in [-0.2, -0.15) is 0 Å². The first kappa shape index (κ1) is 37.7. The summed E-state index contributed by atoms with van der Waals surface area (Å²) in [5.41, 5.74) is 3.29. The Morgan fingerprint density at radius 3 is 2.52 bits per heavy atom. The van der Waals surface area contributed by atoms with E-state index in [0.717, 1.165) is 46.3 Å². The molecule has 4 heterocycles. The monoisotopic (exact) mass is 770 g/mol. The minimum Gasteiger partial charge on any atom is -0.497 e. The van der Waals surface area contributed by atoms with Crippen LogP contribution in [0.15, 0.2) is 103 Å². The molecule has 3 amide bonds. The van der Waals surface area contributed by atoms with Gasteiger partial charge in [0.2, 0.25) is 11.8 Å². The van der Waals surface area contributed by atoms with Gasteiger partial charge in [0.15, 0.2) is 5.60 Å². The highest BCUT2D eigenvalue weighted by Gasteiger charge is 2.66. The van der Waals surface area contributed by atoms with Crippen LogP contribution < -0.4 is 20.1 Å². The van der Waals surface area contributed by atoms with Crippen molar-refractivity contribution in [3.63, 3.8) is 0 Å². The third-order valence-electron chi connectivity index (χ3n) is 12.6. The van der Waals surface area contributed by atoms with Crippen LogP contribution in [0.5, 0.6) is 5.75 Å². The summed E-state index contributed by atoms with van der Waals surface area (Å²) in [6.45, 7) is 7.56. The van der Waals surface area contributed by atoms with E-state index in [0.29, 0.717) is 24.3 Å². The minimum atomic E-state index is -2.52. The van der Waals surface area contributed by atoms with Gasteiger partial charge in [-0.1, -0.05) is 85.9 Å². The number of nitrogens with zero attached hydrogens (tertiary/aromatic N) is 2. The number of benzene rings is 4. The summed E-state index contributed by atoms with van der Waals surface area (Å²) < 4.78 is 12.8. The molecule has 5 atom stereocenters. The van der Waals surface area contributed by atoms with E-state index in [2.05, 4.69) is 42.5 Å². The summed E-state index contributed by atoms with van der Waals surface area (Å²) in [6, 6.07) is 31.4. The number of ether oxygens (including phenoxy) is 2. The summed E-state index contributed by atoms with van der Waals surface area (Å²) in [6.07, 6.45) is 3.18. The van der Waals surface area contributed by atoms with Gasteiger partial charge in [0.1, 0.15) is 5.75 Å². The van der Waals surface area contributed by atoms with Crippen LogP contribution >= 0.6 is 0 Å². The Bertz CT molecular complexity index is 2260. The van der Waals surface area contributed by atoms with Gasteiger partial charge in [0.05, 0.1) is 59.0 Å². The highest BCUT2D eigenvalue weighted by Crippen LogP contribution is 2.60. The lowest BCUT2D eigenvalue weighted by Crippen LogP contribution is -2.52. The fraction of sp³-hybridized carbons (Fsp3) is 0.356. The predicted octanol–water partition coefficient (Wildman–Crippen LogP) is 6.49. The van der Waals surface area contributed by atoms with Crippen molar-refractivity contribution in [1.82, 2.24) is 9.88 Å². The van der Waals surface area contributed by atoms with E-state index in [9.17, 15) is 14.7 Å². The summed E-state index contributed by atoms with van der Waals surface area (Å²) >= 11 is 0. The molecule has 10 nitrogen and oxygen atoms in total. The number of amides is 3. The lowest BCUT2D eigenvalue weighted by Gasteiger charge is -2.37. The summed E-state index contributed by atoms with van der Waals surface area (Å²) in [4.78, 5) is 50.0. The van der Waals surface area contributed by atoms with E-state index < -0.39 is 19.8 Å². The Labute approximate surface area is 328 Å². The van der Waals surface area contributed by atoms with Crippen LogP contribution in [-0.4, -0.2) is 73.2 Å². The number of H-pyrrole nitrogens is 1. The van der Waals surface area contributed by atoms with Gasteiger partial charge < -0.3 is 34.7 Å². The standard InChI is InChI=1S/C45H50N4O6Si/c1-29-43(56(3,4)35-19-17-34(54-2)18-20-35)40(25-42(52)48-22-10-13-33(48)28-50)55-45(29)37-24-32(47-41(51)23-31-26-46-38-15-9-8-14-36(31)38)16-21-39(37)49(44(45)53)27-30-11-6-5-7-12-30/h5-9,11-12,14-21,24,26,29,33,40,43,46,50H,10,13,22-23,25,27-28H2,1-4H3,(H,47,51)/t29-,33-,40+,43-,45+/m0/s1. The number of para-hydroxylation sites is 1. The second-order valence-electron chi connectivity index (χ2n) is 16.1. The SMILES string of the molecule is COc1ccc([Si](C)(C)[C@@H]2[C@@H](CC(=O)N3CCC[C@H]3CO)O[C@]3(C(=O)N(Cc4ccccc4)c4ccc(NC(=O)Cc5c[nH]c6ccccc56)cc43)[C@H]2C)cc1. The largest absolute Gasteiger partial charge is 0.497 e. The van der Waals surface area contributed by atoms with Gasteiger partial charge in [-0.05, 0) is 65.9 Å². The Balaban J connectivity index is 1.20. The quantitative estimate of drug-likeness (QED) is 0.132. The zero-order chi connectivity index (χ0) is 39.2. The molecule has 0 saturated carbocycles. The van der Waals surface area contributed by atoms with Crippen molar-refractivity contribution in [3.8, 4) is 5.75 Å². The normalized spacial score (nSPS) is 23.3. The Morgan fingerprint density at radius 2 is 1.77 bits per heavy atom. The van der Waals surface area contributed by atoms with E-state index in [-0.39, 0.29) is 54.7 Å². The number of carbonyl (C=O) groups is 3. The molecule has 3 aliphatic heterocycles. The molecule has 8 rings (SSSR count). The molecular formula is C45H50N4O6Si. The molecule has 5 aromatic rings. The second-order valence-corrected chi connectivity index (χ2v) is 20.8. The zero-order valence-electron chi connectivity index (χ0n) is 32.5. The fourth-order valence-electron chi connectivity index (χ4n) is 9.81. The number of likely N-dealkylation sites (tertiary alicyclic amines) is 1. The number of nitrogens with one attached hydrogen (secondary N) is 2. The van der Waals surface area contributed by atoms with Crippen molar-refractivity contribution in [3.05, 3.63) is 120 Å². The van der Waals surface area contributed by atoms with E-state index in [1.165, 1.54) is 5.19 Å². The second kappa shape index (κ2) is 15.0. The Morgan fingerprint density at radius 1 is 1.02 bits per heavy atom. The van der Waals surface area contributed by atoms with Crippen molar-refractivity contribution in [2.24, 2.45) is 5.92 Å². The third-order valence-corrected chi connectivity index (χ3v) is 17.0. The topological polar surface area (TPSA) is 124 Å². The van der Waals surface area contributed by atoms with Crippen LogP contribution in [0.25, 0.3) is 10.9 Å². The van der Waals surface area contributed by atoms with E-state index >= 15 is 4.79 Å². The number of aromatic amines is 1. The van der Waals surface area contributed by atoms with Crippen molar-refractivity contribution in [1.29, 1.82) is 0 Å². The van der Waals surface area contributed by atoms with Gasteiger partial charge in [-0.25, -0.2) is 0 Å². The molecule has 290 valence electrons. The summed E-state index contributed by atoms with van der Waals surface area (Å²) in [5.74, 6) is 0.0243. The number of fused-ring (bicyclic) bond motifs is 3. The molecule has 2 fully saturated rings. The average Bonchev–Trinajstić information content (AvgIpc) is 3.97. The molecule has 3 aliphatic rings. The van der Waals surface area contributed by atoms with Crippen molar-refractivity contribution < 1.29 is 29.0 Å². The molecule has 0 radical (unpaired) electrons. The molecule has 0 unspecified atom stereocenters. The van der Waals surface area contributed by atoms with Gasteiger partial charge in [0.25, 0.3) is 5.91 Å². The number of methoxy groups -OCH3 is 1. The number of anilines is 2. The smallest absolute Gasteiger partial charge is 0.264 e. The lowest BCUT2D eigenvalue weighted by atomic mass is 9.82. The molecule has 11 heteroatoms. The molecule has 1 aromatic heterocycles. The number of hydrogen-bond donors (Lipinski definition) is 3. The number of carbonyl (C=O) groups excluding carboxylic acids is 3. The number of aliphatic hydroxyl groups excluding tert-OH is 1. The first-order valence-corrected chi connectivity index (χ1v) is 22.7. The number of aromatic nitrogens is 1. The molecule has 0 bridgehead atoms. The number of aliphatic hydroxyl groups is 1. The van der Waals surface area contributed by atoms with Gasteiger partial charge in [-0.15, -0.1) is 0 Å². The first-order chi connectivity index (χ1) is 27.0. The Kier molecular flexibility index (Phi) is 10.1. The molecule has 2 saturated heterocycles. The van der Waals surface area contributed by atoms with Crippen LogP contribution in [0.1, 0.15) is 42.9 Å². The highest BCUT2D eigenvalue weighted by molar-refractivity contribution is 6.91. The fourth-order valence-corrected chi connectivity index (χ4v) is 13.8. The maximum Gasteiger partial charge on any atom is 0.264 e. The molecule has 1 spiro atoms. The summed E-state index contributed by atoms with van der Waals surface area (Å²) in [5, 5.41) is 15.4. The van der Waals surface area contributed by atoms with Crippen LogP contribution in [-0.2, 0) is 37.7 Å². The highest BCUT2D eigenvalue weighted by atomic mass is 28.3. The Hall–Kier alpha value is -5.23. The molecular weight excluding hydrogens is 721 g/mol. The zero-order valence-corrected chi connectivity index (χ0v) is 33.5. The molecule has 56 heavy (non-hydrogen) atoms. The molecule has 4 aromatic carbocycles. The maximum atomic E-state index is 15.3. The number of rotatable bonds is 11. The summed E-state index contributed by atoms with van der Waals surface area (Å²) in [7, 11) is -0.874. The van der Waals surface area contributed by atoms with Gasteiger partial charge in [-0.3, -0.25) is 14.4 Å². The third kappa shape index (κ3) is 6.51.